The molecule has 136 valence electrons. The molecule has 2 unspecified atom stereocenters. The minimum atomic E-state index is -0.768. The molecule has 3 heteroatoms. The van der Waals surface area contributed by atoms with Gasteiger partial charge in [0.1, 0.15) is 11.5 Å². The van der Waals surface area contributed by atoms with E-state index in [1.807, 2.05) is 68.4 Å². The Morgan fingerprint density at radius 3 is 2.35 bits per heavy atom. The van der Waals surface area contributed by atoms with Crippen LogP contribution in [0, 0.1) is 16.7 Å². The van der Waals surface area contributed by atoms with E-state index in [1.54, 1.807) is 0 Å². The van der Waals surface area contributed by atoms with Gasteiger partial charge < -0.3 is 9.84 Å². The van der Waals surface area contributed by atoms with Crippen LogP contribution in [-0.2, 0) is 11.2 Å². The van der Waals surface area contributed by atoms with E-state index in [1.165, 1.54) is 0 Å². The van der Waals surface area contributed by atoms with Crippen LogP contribution in [0.4, 0.5) is 0 Å². The summed E-state index contributed by atoms with van der Waals surface area (Å²) in [6, 6.07) is 17.4. The fourth-order valence-corrected chi connectivity index (χ4v) is 4.07. The highest BCUT2D eigenvalue weighted by molar-refractivity contribution is 5.82. The number of rotatable bonds is 6. The Labute approximate surface area is 155 Å². The molecule has 0 spiro atoms. The Morgan fingerprint density at radius 1 is 1.08 bits per heavy atom. The lowest BCUT2D eigenvalue weighted by atomic mass is 9.88. The van der Waals surface area contributed by atoms with Crippen LogP contribution in [0.25, 0.3) is 0 Å². The minimum Gasteiger partial charge on any atom is -0.481 e. The normalized spacial score (nSPS) is 23.2. The molecule has 1 saturated carbocycles. The molecule has 0 radical (unpaired) electrons. The molecule has 1 aliphatic carbocycles. The number of ether oxygens (including phenoxy) is 1. The lowest BCUT2D eigenvalue weighted by Crippen LogP contribution is -2.24. The van der Waals surface area contributed by atoms with Crippen LogP contribution in [0.5, 0.6) is 11.5 Å². The topological polar surface area (TPSA) is 46.5 Å². The van der Waals surface area contributed by atoms with E-state index in [9.17, 15) is 9.90 Å². The summed E-state index contributed by atoms with van der Waals surface area (Å²) in [5, 5.41) is 10.0. The summed E-state index contributed by atoms with van der Waals surface area (Å²) in [5.41, 5.74) is 1.10. The number of allylic oxidation sites excluding steroid dienone is 2. The van der Waals surface area contributed by atoms with Gasteiger partial charge in [-0.3, -0.25) is 4.79 Å². The van der Waals surface area contributed by atoms with Gasteiger partial charge in [0.2, 0.25) is 0 Å². The largest absolute Gasteiger partial charge is 0.481 e. The summed E-state index contributed by atoms with van der Waals surface area (Å²) < 4.78 is 5.90. The predicted molar refractivity (Wildman–Crippen MR) is 103 cm³/mol. The molecular weight excluding hydrogens is 324 g/mol. The number of benzene rings is 2. The highest BCUT2D eigenvalue weighted by Gasteiger charge is 2.74. The lowest BCUT2D eigenvalue weighted by Gasteiger charge is -2.16. The van der Waals surface area contributed by atoms with Crippen LogP contribution in [0.2, 0.25) is 0 Å². The second-order valence-electron chi connectivity index (χ2n) is 7.96. The van der Waals surface area contributed by atoms with Crippen molar-refractivity contribution < 1.29 is 14.6 Å². The van der Waals surface area contributed by atoms with Gasteiger partial charge in [0.25, 0.3) is 0 Å². The maximum Gasteiger partial charge on any atom is 0.311 e. The first kappa shape index (κ1) is 18.2. The maximum absolute atomic E-state index is 12.2. The summed E-state index contributed by atoms with van der Waals surface area (Å²) in [5.74, 6) is 0.814. The molecule has 1 fully saturated rings. The molecule has 0 aliphatic heterocycles. The van der Waals surface area contributed by atoms with E-state index in [-0.39, 0.29) is 11.3 Å². The third-order valence-electron chi connectivity index (χ3n) is 5.62. The van der Waals surface area contributed by atoms with Crippen molar-refractivity contribution in [3.05, 3.63) is 71.8 Å². The number of para-hydroxylation sites is 1. The van der Waals surface area contributed by atoms with Crippen molar-refractivity contribution in [3.8, 4) is 11.5 Å². The quantitative estimate of drug-likeness (QED) is 0.678. The minimum absolute atomic E-state index is 0.0381. The highest BCUT2D eigenvalue weighted by atomic mass is 16.5. The second-order valence-corrected chi connectivity index (χ2v) is 7.96. The number of hydrogen-bond acceptors (Lipinski definition) is 2. The van der Waals surface area contributed by atoms with Gasteiger partial charge in [-0.2, -0.15) is 0 Å². The molecule has 0 heterocycles. The summed E-state index contributed by atoms with van der Waals surface area (Å²) in [6.07, 6.45) is 2.61. The number of carboxylic acids is 1. The first-order valence-corrected chi connectivity index (χ1v) is 8.97. The molecule has 3 rings (SSSR count). The molecule has 0 bridgehead atoms. The third kappa shape index (κ3) is 3.14. The van der Waals surface area contributed by atoms with Crippen LogP contribution in [-0.4, -0.2) is 11.1 Å². The number of hydrogen-bond donors (Lipinski definition) is 1. The fourth-order valence-electron chi connectivity index (χ4n) is 4.07. The lowest BCUT2D eigenvalue weighted by molar-refractivity contribution is -0.145. The fraction of sp³-hybridized carbons (Fsp3) is 0.348. The average molecular weight is 350 g/mol. The van der Waals surface area contributed by atoms with Crippen LogP contribution < -0.4 is 4.74 Å². The van der Waals surface area contributed by atoms with E-state index in [2.05, 4.69) is 19.9 Å². The van der Waals surface area contributed by atoms with E-state index in [0.29, 0.717) is 6.42 Å². The molecule has 2 aromatic carbocycles. The number of aliphatic carboxylic acids is 1. The van der Waals surface area contributed by atoms with Gasteiger partial charge in [-0.05, 0) is 55.5 Å². The van der Waals surface area contributed by atoms with Crippen molar-refractivity contribution in [2.75, 3.05) is 0 Å². The van der Waals surface area contributed by atoms with Gasteiger partial charge in [0, 0.05) is 5.92 Å². The summed E-state index contributed by atoms with van der Waals surface area (Å²) in [6.45, 7) is 8.15. The smallest absolute Gasteiger partial charge is 0.311 e. The van der Waals surface area contributed by atoms with Gasteiger partial charge in [0.15, 0.2) is 0 Å². The van der Waals surface area contributed by atoms with Crippen LogP contribution in [0.1, 0.15) is 33.3 Å². The Bertz CT molecular complexity index is 832. The molecular formula is C23H26O3. The molecule has 0 amide bonds. The van der Waals surface area contributed by atoms with Gasteiger partial charge in [-0.1, -0.05) is 55.8 Å². The van der Waals surface area contributed by atoms with Crippen molar-refractivity contribution in [1.82, 2.24) is 0 Å². The number of carboxylic acid groups (broad SMARTS) is 1. The van der Waals surface area contributed by atoms with Gasteiger partial charge in [-0.15, -0.1) is 0 Å². The van der Waals surface area contributed by atoms with Crippen molar-refractivity contribution in [2.24, 2.45) is 16.7 Å². The van der Waals surface area contributed by atoms with Crippen LogP contribution in [0.3, 0.4) is 0 Å². The van der Waals surface area contributed by atoms with Crippen LogP contribution >= 0.6 is 0 Å². The Morgan fingerprint density at radius 2 is 1.73 bits per heavy atom. The summed E-state index contributed by atoms with van der Waals surface area (Å²) in [4.78, 5) is 12.2. The Kier molecular flexibility index (Phi) is 4.66. The van der Waals surface area contributed by atoms with E-state index >= 15 is 0 Å². The second kappa shape index (κ2) is 6.64. The van der Waals surface area contributed by atoms with E-state index in [0.717, 1.165) is 22.6 Å². The molecule has 1 N–H and O–H groups in total. The van der Waals surface area contributed by atoms with Crippen molar-refractivity contribution in [2.45, 2.75) is 34.1 Å². The molecule has 1 aliphatic rings. The molecule has 0 saturated heterocycles. The van der Waals surface area contributed by atoms with Crippen molar-refractivity contribution in [1.29, 1.82) is 0 Å². The SMILES string of the molecule is CC(C)=CC1C(C)(C)C1(Cc1cccc(Oc2ccccc2)c1)C(=O)O. The van der Waals surface area contributed by atoms with Crippen molar-refractivity contribution in [3.63, 3.8) is 0 Å². The highest BCUT2D eigenvalue weighted by Crippen LogP contribution is 2.71. The van der Waals surface area contributed by atoms with Gasteiger partial charge in [-0.25, -0.2) is 0 Å². The van der Waals surface area contributed by atoms with Crippen LogP contribution in [0.15, 0.2) is 66.2 Å². The summed E-state index contributed by atoms with van der Waals surface area (Å²) >= 11 is 0. The molecule has 2 atom stereocenters. The molecule has 26 heavy (non-hydrogen) atoms. The third-order valence-corrected chi connectivity index (χ3v) is 5.62. The molecule has 2 aromatic rings. The predicted octanol–water partition coefficient (Wildman–Crippen LogP) is 5.71. The van der Waals surface area contributed by atoms with Gasteiger partial charge in [0.05, 0.1) is 5.41 Å². The summed E-state index contributed by atoms with van der Waals surface area (Å²) in [7, 11) is 0. The van der Waals surface area contributed by atoms with Gasteiger partial charge >= 0.3 is 5.97 Å². The maximum atomic E-state index is 12.2. The first-order chi connectivity index (χ1) is 12.3. The molecule has 3 nitrogen and oxygen atoms in total. The molecule has 0 aromatic heterocycles. The average Bonchev–Trinajstić information content (AvgIpc) is 3.03. The zero-order valence-corrected chi connectivity index (χ0v) is 15.8. The van der Waals surface area contributed by atoms with E-state index < -0.39 is 11.4 Å². The zero-order valence-electron chi connectivity index (χ0n) is 15.8. The Balaban J connectivity index is 1.87. The van der Waals surface area contributed by atoms with E-state index in [4.69, 9.17) is 4.74 Å². The number of carbonyl (C=O) groups is 1. The first-order valence-electron chi connectivity index (χ1n) is 8.97. The zero-order chi connectivity index (χ0) is 18.9. The Hall–Kier alpha value is -2.55. The van der Waals surface area contributed by atoms with Crippen molar-refractivity contribution >= 4 is 5.97 Å². The monoisotopic (exact) mass is 350 g/mol. The standard InChI is InChI=1S/C23H26O3/c1-16(2)13-20-22(3,4)23(20,21(24)25)15-17-9-8-12-19(14-17)26-18-10-6-5-7-11-18/h5-14,20H,15H2,1-4H3,(H,24,25).